The molecular formula is C19H29ClN2O5. The third kappa shape index (κ3) is 4.16. The van der Waals surface area contributed by atoms with Crippen molar-refractivity contribution in [3.05, 3.63) is 11.6 Å². The van der Waals surface area contributed by atoms with Gasteiger partial charge in [0.05, 0.1) is 30.5 Å². The second-order valence-electron chi connectivity index (χ2n) is 8.14. The molecule has 0 unspecified atom stereocenters. The van der Waals surface area contributed by atoms with Crippen molar-refractivity contribution in [1.82, 2.24) is 10.6 Å². The Labute approximate surface area is 165 Å². The van der Waals surface area contributed by atoms with Gasteiger partial charge in [0.2, 0.25) is 5.91 Å². The molecule has 0 bridgehead atoms. The maximum absolute atomic E-state index is 12.1. The van der Waals surface area contributed by atoms with Crippen LogP contribution in [-0.4, -0.2) is 61.0 Å². The summed E-state index contributed by atoms with van der Waals surface area (Å²) in [5.41, 5.74) is 0.666. The number of methoxy groups -OCH3 is 1. The van der Waals surface area contributed by atoms with Gasteiger partial charge in [0.1, 0.15) is 11.5 Å². The number of carbonyl (C=O) groups is 2. The van der Waals surface area contributed by atoms with Crippen molar-refractivity contribution in [1.29, 1.82) is 0 Å². The lowest BCUT2D eigenvalue weighted by atomic mass is 9.67. The van der Waals surface area contributed by atoms with Crippen LogP contribution in [0.3, 0.4) is 0 Å². The van der Waals surface area contributed by atoms with Crippen LogP contribution in [0.15, 0.2) is 11.6 Å². The van der Waals surface area contributed by atoms with Crippen molar-refractivity contribution in [2.45, 2.75) is 69.5 Å². The van der Waals surface area contributed by atoms with Gasteiger partial charge in [-0.2, -0.15) is 0 Å². The Hall–Kier alpha value is -1.15. The highest BCUT2D eigenvalue weighted by Crippen LogP contribution is 2.59. The molecule has 2 aliphatic heterocycles. The highest BCUT2D eigenvalue weighted by atomic mass is 35.5. The lowest BCUT2D eigenvalue weighted by Gasteiger charge is -2.43. The summed E-state index contributed by atoms with van der Waals surface area (Å²) in [6, 6.07) is -0.787. The number of imide groups is 1. The number of ether oxygens (including phenoxy) is 3. The third-order valence-electron chi connectivity index (χ3n) is 5.98. The fraction of sp³-hybridized carbons (Fsp3) is 0.789. The van der Waals surface area contributed by atoms with Crippen molar-refractivity contribution in [3.63, 3.8) is 0 Å². The lowest BCUT2D eigenvalue weighted by molar-refractivity contribution is -0.117. The molecule has 3 rings (SSSR count). The largest absolute Gasteiger partial charge is 0.379 e. The quantitative estimate of drug-likeness (QED) is 0.405. The maximum atomic E-state index is 12.1. The number of hydrogen-bond acceptors (Lipinski definition) is 5. The van der Waals surface area contributed by atoms with E-state index < -0.39 is 11.9 Å². The second kappa shape index (κ2) is 7.70. The van der Waals surface area contributed by atoms with Crippen LogP contribution >= 0.6 is 11.6 Å². The molecule has 0 aromatic carbocycles. The molecule has 7 nitrogen and oxygen atoms in total. The molecule has 3 aliphatic rings. The Morgan fingerprint density at radius 1 is 1.37 bits per heavy atom. The van der Waals surface area contributed by atoms with Gasteiger partial charge in [0.25, 0.3) is 0 Å². The summed E-state index contributed by atoms with van der Waals surface area (Å²) in [6.07, 6.45) is 4.42. The smallest absolute Gasteiger partial charge is 0.321 e. The summed E-state index contributed by atoms with van der Waals surface area (Å²) in [5.74, 6) is -0.784. The summed E-state index contributed by atoms with van der Waals surface area (Å²) in [6.45, 7) is 6.94. The highest BCUT2D eigenvalue weighted by Gasteiger charge is 2.71. The highest BCUT2D eigenvalue weighted by molar-refractivity contribution is 6.28. The molecule has 27 heavy (non-hydrogen) atoms. The van der Waals surface area contributed by atoms with Gasteiger partial charge in [-0.3, -0.25) is 10.1 Å². The van der Waals surface area contributed by atoms with Crippen LogP contribution in [0.4, 0.5) is 4.79 Å². The first-order valence-corrected chi connectivity index (χ1v) is 9.93. The molecular weight excluding hydrogens is 372 g/mol. The van der Waals surface area contributed by atoms with Gasteiger partial charge in [-0.05, 0) is 40.0 Å². The number of allylic oxidation sites excluding steroid dienone is 1. The van der Waals surface area contributed by atoms with E-state index in [0.717, 1.165) is 12.8 Å². The van der Waals surface area contributed by atoms with Crippen LogP contribution in [0.1, 0.15) is 40.0 Å². The SMILES string of the molecule is CO[C@@H]1[C@H](NC(=O)NC(=O)CCl)CC[C@]2(CO2)[C@H]1[C@@]1(C)O[C@@H]1CC=C(C)C. The molecule has 6 atom stereocenters. The average molecular weight is 401 g/mol. The van der Waals surface area contributed by atoms with Crippen LogP contribution in [0.25, 0.3) is 0 Å². The van der Waals surface area contributed by atoms with Gasteiger partial charge >= 0.3 is 6.03 Å². The first kappa shape index (κ1) is 20.6. The molecule has 2 N–H and O–H groups in total. The topological polar surface area (TPSA) is 92.5 Å². The number of halogens is 1. The van der Waals surface area contributed by atoms with E-state index >= 15 is 0 Å². The van der Waals surface area contributed by atoms with Crippen molar-refractivity contribution >= 4 is 23.5 Å². The maximum Gasteiger partial charge on any atom is 0.321 e. The van der Waals surface area contributed by atoms with Gasteiger partial charge in [-0.25, -0.2) is 4.79 Å². The van der Waals surface area contributed by atoms with Gasteiger partial charge in [0, 0.05) is 13.0 Å². The molecule has 152 valence electrons. The van der Waals surface area contributed by atoms with Crippen LogP contribution in [-0.2, 0) is 19.0 Å². The molecule has 0 radical (unpaired) electrons. The molecule has 1 aliphatic carbocycles. The minimum atomic E-state index is -0.554. The monoisotopic (exact) mass is 400 g/mol. The van der Waals surface area contributed by atoms with Crippen molar-refractivity contribution in [2.24, 2.45) is 5.92 Å². The zero-order chi connectivity index (χ0) is 19.8. The van der Waals surface area contributed by atoms with Gasteiger partial charge < -0.3 is 19.5 Å². The predicted molar refractivity (Wildman–Crippen MR) is 101 cm³/mol. The number of amides is 3. The van der Waals surface area contributed by atoms with E-state index in [-0.39, 0.29) is 41.2 Å². The van der Waals surface area contributed by atoms with Crippen LogP contribution in [0.5, 0.6) is 0 Å². The Morgan fingerprint density at radius 2 is 2.07 bits per heavy atom. The fourth-order valence-electron chi connectivity index (χ4n) is 4.51. The van der Waals surface area contributed by atoms with Crippen LogP contribution in [0.2, 0.25) is 0 Å². The summed E-state index contributed by atoms with van der Waals surface area (Å²) in [4.78, 5) is 23.5. The van der Waals surface area contributed by atoms with E-state index in [1.807, 2.05) is 0 Å². The van der Waals surface area contributed by atoms with Gasteiger partial charge in [-0.1, -0.05) is 11.6 Å². The number of nitrogens with one attached hydrogen (secondary N) is 2. The van der Waals surface area contributed by atoms with Crippen molar-refractivity contribution in [2.75, 3.05) is 19.6 Å². The first-order valence-electron chi connectivity index (χ1n) is 9.40. The number of hydrogen-bond donors (Lipinski definition) is 2. The van der Waals surface area contributed by atoms with Crippen LogP contribution < -0.4 is 10.6 Å². The lowest BCUT2D eigenvalue weighted by Crippen LogP contribution is -2.60. The number of rotatable bonds is 6. The first-order chi connectivity index (χ1) is 12.8. The van der Waals surface area contributed by atoms with Gasteiger partial charge in [0.15, 0.2) is 0 Å². The molecule has 1 spiro atoms. The Kier molecular flexibility index (Phi) is 5.87. The standard InChI is InChI=1S/C19H29ClN2O5/c1-11(2)5-6-13-18(3,27-13)16-15(25-4)12(7-8-19(16)10-26-19)21-17(24)22-14(23)9-20/h5,12-13,15-16H,6-10H2,1-4H3,(H2,21,22,23,24)/t12-,13-,15-,16-,18+,19+/m1/s1. The van der Waals surface area contributed by atoms with Gasteiger partial charge in [-0.15, -0.1) is 11.6 Å². The Morgan fingerprint density at radius 3 is 2.63 bits per heavy atom. The molecule has 3 amide bonds. The van der Waals surface area contributed by atoms with E-state index in [1.54, 1.807) is 7.11 Å². The number of alkyl halides is 1. The van der Waals surface area contributed by atoms with Crippen LogP contribution in [0, 0.1) is 5.92 Å². The minimum Gasteiger partial charge on any atom is -0.379 e. The Bertz CT molecular complexity index is 632. The van der Waals surface area contributed by atoms with E-state index in [2.05, 4.69) is 37.5 Å². The molecule has 0 aromatic rings. The van der Waals surface area contributed by atoms with Crippen molar-refractivity contribution < 1.29 is 23.8 Å². The fourth-order valence-corrected chi connectivity index (χ4v) is 4.57. The number of carbonyl (C=O) groups excluding carboxylic acids is 2. The molecule has 2 saturated heterocycles. The number of epoxide rings is 2. The molecule has 1 saturated carbocycles. The molecule has 8 heteroatoms. The summed E-state index contributed by atoms with van der Waals surface area (Å²) in [5, 5.41) is 5.09. The van der Waals surface area contributed by atoms with E-state index in [0.29, 0.717) is 13.0 Å². The summed E-state index contributed by atoms with van der Waals surface area (Å²) >= 11 is 5.45. The second-order valence-corrected chi connectivity index (χ2v) is 8.41. The Balaban J connectivity index is 1.73. The van der Waals surface area contributed by atoms with E-state index in [1.165, 1.54) is 5.57 Å². The molecule has 3 fully saturated rings. The number of urea groups is 1. The predicted octanol–water partition coefficient (Wildman–Crippen LogP) is 2.13. The zero-order valence-electron chi connectivity index (χ0n) is 16.3. The molecule has 0 aromatic heterocycles. The zero-order valence-corrected chi connectivity index (χ0v) is 17.1. The van der Waals surface area contributed by atoms with E-state index in [4.69, 9.17) is 25.8 Å². The molecule has 2 heterocycles. The minimum absolute atomic E-state index is 0.00772. The summed E-state index contributed by atoms with van der Waals surface area (Å²) < 4.78 is 17.9. The van der Waals surface area contributed by atoms with Crippen molar-refractivity contribution in [3.8, 4) is 0 Å². The van der Waals surface area contributed by atoms with E-state index in [9.17, 15) is 9.59 Å². The summed E-state index contributed by atoms with van der Waals surface area (Å²) in [7, 11) is 1.65. The normalized spacial score (nSPS) is 39.6. The third-order valence-corrected chi connectivity index (χ3v) is 6.23. The average Bonchev–Trinajstić information content (AvgIpc) is 3.52.